The number of carbonyl (C=O) groups excluding carboxylic acids is 1. The van der Waals surface area contributed by atoms with Crippen LogP contribution in [0.5, 0.6) is 5.75 Å². The monoisotopic (exact) mass is 420 g/mol. The molecule has 152 valence electrons. The lowest BCUT2D eigenvalue weighted by Gasteiger charge is -2.07. The Bertz CT molecular complexity index is 1260. The number of rotatable bonds is 6. The van der Waals surface area contributed by atoms with E-state index in [-0.39, 0.29) is 12.1 Å². The highest BCUT2D eigenvalue weighted by molar-refractivity contribution is 7.15. The average molecular weight is 420 g/mol. The number of carbonyl (C=O) groups is 1. The summed E-state index contributed by atoms with van der Waals surface area (Å²) in [4.78, 5) is 30.6. The number of aryl methyl sites for hydroxylation is 1. The molecule has 6 nitrogen and oxygen atoms in total. The maximum Gasteiger partial charge on any atom is 0.349 e. The van der Waals surface area contributed by atoms with E-state index in [1.165, 1.54) is 17.4 Å². The first-order valence-electron chi connectivity index (χ1n) is 9.56. The maximum atomic E-state index is 12.7. The van der Waals surface area contributed by atoms with E-state index in [1.54, 1.807) is 18.2 Å². The summed E-state index contributed by atoms with van der Waals surface area (Å²) in [6.45, 7) is 4.49. The molecule has 0 bridgehead atoms. The smallest absolute Gasteiger partial charge is 0.349 e. The van der Waals surface area contributed by atoms with Gasteiger partial charge in [-0.05, 0) is 26.0 Å². The second-order valence-electron chi connectivity index (χ2n) is 6.63. The van der Waals surface area contributed by atoms with Crippen LogP contribution in [0, 0.1) is 6.92 Å². The van der Waals surface area contributed by atoms with Crippen LogP contribution in [-0.2, 0) is 6.54 Å². The third kappa shape index (κ3) is 3.97. The van der Waals surface area contributed by atoms with Crippen LogP contribution < -0.4 is 15.7 Å². The number of amides is 1. The molecule has 1 N–H and O–H groups in total. The lowest BCUT2D eigenvalue weighted by molar-refractivity contribution is 0.0947. The minimum absolute atomic E-state index is 0.0402. The lowest BCUT2D eigenvalue weighted by Crippen LogP contribution is -2.27. The third-order valence-corrected chi connectivity index (χ3v) is 5.80. The van der Waals surface area contributed by atoms with Crippen molar-refractivity contribution in [1.82, 2.24) is 10.3 Å². The Morgan fingerprint density at radius 2 is 1.97 bits per heavy atom. The van der Waals surface area contributed by atoms with Gasteiger partial charge in [-0.3, -0.25) is 4.79 Å². The molecule has 0 atom stereocenters. The van der Waals surface area contributed by atoms with Gasteiger partial charge in [-0.15, -0.1) is 11.3 Å². The van der Waals surface area contributed by atoms with Gasteiger partial charge in [0.25, 0.3) is 5.91 Å². The molecule has 0 spiro atoms. The molecule has 1 amide bonds. The van der Waals surface area contributed by atoms with Gasteiger partial charge >= 0.3 is 5.63 Å². The van der Waals surface area contributed by atoms with E-state index in [1.807, 2.05) is 44.2 Å². The molecule has 2 aromatic heterocycles. The van der Waals surface area contributed by atoms with E-state index in [4.69, 9.17) is 9.15 Å². The molecule has 2 heterocycles. The Hall–Kier alpha value is -3.45. The summed E-state index contributed by atoms with van der Waals surface area (Å²) in [6.07, 6.45) is 0. The first kappa shape index (κ1) is 19.8. The number of thiazole rings is 1. The molecule has 0 radical (unpaired) electrons. The van der Waals surface area contributed by atoms with E-state index in [0.29, 0.717) is 23.3 Å². The Balaban J connectivity index is 1.55. The van der Waals surface area contributed by atoms with Crippen LogP contribution in [0.1, 0.15) is 27.9 Å². The van der Waals surface area contributed by atoms with Crippen LogP contribution in [0.3, 0.4) is 0 Å². The molecular weight excluding hydrogens is 400 g/mol. The van der Waals surface area contributed by atoms with Gasteiger partial charge in [0, 0.05) is 15.8 Å². The van der Waals surface area contributed by atoms with Crippen molar-refractivity contribution in [3.8, 4) is 16.3 Å². The zero-order valence-corrected chi connectivity index (χ0v) is 17.4. The molecular formula is C23H20N2O4S. The van der Waals surface area contributed by atoms with Crippen molar-refractivity contribution in [2.45, 2.75) is 20.4 Å². The number of para-hydroxylation sites is 1. The highest BCUT2D eigenvalue weighted by Crippen LogP contribution is 2.28. The molecule has 7 heteroatoms. The van der Waals surface area contributed by atoms with Crippen LogP contribution >= 0.6 is 11.3 Å². The van der Waals surface area contributed by atoms with E-state index >= 15 is 0 Å². The normalized spacial score (nSPS) is 10.9. The van der Waals surface area contributed by atoms with Gasteiger partial charge in [0.05, 0.1) is 18.8 Å². The second kappa shape index (κ2) is 8.51. The van der Waals surface area contributed by atoms with Crippen LogP contribution in [0.2, 0.25) is 0 Å². The van der Waals surface area contributed by atoms with Crippen molar-refractivity contribution in [2.24, 2.45) is 0 Å². The molecule has 2 aromatic carbocycles. The van der Waals surface area contributed by atoms with Crippen molar-refractivity contribution < 1.29 is 13.9 Å². The van der Waals surface area contributed by atoms with Gasteiger partial charge < -0.3 is 14.5 Å². The van der Waals surface area contributed by atoms with E-state index in [0.717, 1.165) is 21.1 Å². The van der Waals surface area contributed by atoms with Crippen LogP contribution in [0.4, 0.5) is 0 Å². The number of aromatic nitrogens is 1. The molecule has 0 aliphatic carbocycles. The van der Waals surface area contributed by atoms with Crippen molar-refractivity contribution in [3.05, 3.63) is 81.2 Å². The second-order valence-corrected chi connectivity index (χ2v) is 7.71. The molecule has 4 rings (SSSR count). The van der Waals surface area contributed by atoms with Crippen LogP contribution in [-0.4, -0.2) is 17.5 Å². The molecule has 4 aromatic rings. The fraction of sp³-hybridized carbons (Fsp3) is 0.174. The van der Waals surface area contributed by atoms with Gasteiger partial charge in [0.1, 0.15) is 10.6 Å². The quantitative estimate of drug-likeness (QED) is 0.463. The van der Waals surface area contributed by atoms with Gasteiger partial charge in [0.15, 0.2) is 11.3 Å². The SMILES string of the molecule is CCOc1cccc2cc(C(=O)NCc3sc(-c4ccccc4)nc3C)c(=O)oc12. The fourth-order valence-corrected chi connectivity index (χ4v) is 4.10. The maximum absolute atomic E-state index is 12.7. The van der Waals surface area contributed by atoms with E-state index in [2.05, 4.69) is 10.3 Å². The number of nitrogens with zero attached hydrogens (tertiary/aromatic N) is 1. The van der Waals surface area contributed by atoms with E-state index in [9.17, 15) is 9.59 Å². The number of benzene rings is 2. The van der Waals surface area contributed by atoms with Gasteiger partial charge in [-0.1, -0.05) is 42.5 Å². The summed E-state index contributed by atoms with van der Waals surface area (Å²) < 4.78 is 10.9. The molecule has 0 saturated carbocycles. The fourth-order valence-electron chi connectivity index (χ4n) is 3.10. The van der Waals surface area contributed by atoms with Crippen molar-refractivity contribution in [3.63, 3.8) is 0 Å². The number of nitrogens with one attached hydrogen (secondary N) is 1. The first-order chi connectivity index (χ1) is 14.6. The zero-order chi connectivity index (χ0) is 21.1. The van der Waals surface area contributed by atoms with Crippen molar-refractivity contribution >= 4 is 28.2 Å². The third-order valence-electron chi connectivity index (χ3n) is 4.59. The Morgan fingerprint density at radius 3 is 2.73 bits per heavy atom. The Morgan fingerprint density at radius 1 is 1.17 bits per heavy atom. The minimum Gasteiger partial charge on any atom is -0.490 e. The lowest BCUT2D eigenvalue weighted by atomic mass is 10.1. The Kier molecular flexibility index (Phi) is 5.63. The minimum atomic E-state index is -0.696. The summed E-state index contributed by atoms with van der Waals surface area (Å²) >= 11 is 1.52. The largest absolute Gasteiger partial charge is 0.490 e. The van der Waals surface area contributed by atoms with Gasteiger partial charge in [0.2, 0.25) is 0 Å². The molecule has 30 heavy (non-hydrogen) atoms. The number of hydrogen-bond acceptors (Lipinski definition) is 6. The molecule has 0 aliphatic heterocycles. The topological polar surface area (TPSA) is 81.4 Å². The van der Waals surface area contributed by atoms with Crippen molar-refractivity contribution in [1.29, 1.82) is 0 Å². The highest BCUT2D eigenvalue weighted by atomic mass is 32.1. The van der Waals surface area contributed by atoms with E-state index < -0.39 is 11.5 Å². The summed E-state index contributed by atoms with van der Waals surface area (Å²) in [6, 6.07) is 16.7. The molecule has 0 fully saturated rings. The van der Waals surface area contributed by atoms with Crippen molar-refractivity contribution in [2.75, 3.05) is 6.61 Å². The summed E-state index contributed by atoms with van der Waals surface area (Å²) in [5.74, 6) is -0.00527. The highest BCUT2D eigenvalue weighted by Gasteiger charge is 2.17. The predicted molar refractivity (Wildman–Crippen MR) is 117 cm³/mol. The van der Waals surface area contributed by atoms with Gasteiger partial charge in [-0.2, -0.15) is 0 Å². The zero-order valence-electron chi connectivity index (χ0n) is 16.6. The molecule has 0 unspecified atom stereocenters. The predicted octanol–water partition coefficient (Wildman–Crippen LogP) is 4.55. The summed E-state index contributed by atoms with van der Waals surface area (Å²) in [5.41, 5.74) is 1.49. The number of ether oxygens (including phenoxy) is 1. The van der Waals surface area contributed by atoms with Crippen LogP contribution in [0.15, 0.2) is 63.8 Å². The standard InChI is InChI=1S/C23H20N2O4S/c1-3-28-18-11-7-10-16-12-17(23(27)29-20(16)18)21(26)24-13-19-14(2)25-22(30-19)15-8-5-4-6-9-15/h4-12H,3,13H2,1-2H3,(H,24,26). The van der Waals surface area contributed by atoms with Gasteiger partial charge in [-0.25, -0.2) is 9.78 Å². The summed E-state index contributed by atoms with van der Waals surface area (Å²) in [5, 5.41) is 4.33. The Labute approximate surface area is 177 Å². The average Bonchev–Trinajstić information content (AvgIpc) is 3.13. The van der Waals surface area contributed by atoms with Crippen LogP contribution in [0.25, 0.3) is 21.5 Å². The summed E-state index contributed by atoms with van der Waals surface area (Å²) in [7, 11) is 0. The molecule has 0 saturated heterocycles. The number of fused-ring (bicyclic) bond motifs is 1. The first-order valence-corrected chi connectivity index (χ1v) is 10.4. The number of hydrogen-bond donors (Lipinski definition) is 1. The molecule has 0 aliphatic rings.